The van der Waals surface area contributed by atoms with Crippen molar-refractivity contribution >= 4 is 28.4 Å². The van der Waals surface area contributed by atoms with Crippen molar-refractivity contribution in [1.82, 2.24) is 15.0 Å². The van der Waals surface area contributed by atoms with E-state index in [0.29, 0.717) is 11.6 Å². The van der Waals surface area contributed by atoms with Crippen molar-refractivity contribution in [2.45, 2.75) is 6.92 Å². The molecule has 0 atom stereocenters. The van der Waals surface area contributed by atoms with E-state index in [1.165, 1.54) is 0 Å². The number of nitrogens with one attached hydrogen (secondary N) is 2. The first-order chi connectivity index (χ1) is 10.2. The SMILES string of the molecule is CNc1ncc(F)c(Nc2cccc3ccc(C)nc23)n1. The summed E-state index contributed by atoms with van der Waals surface area (Å²) < 4.78 is 13.8. The number of anilines is 3. The van der Waals surface area contributed by atoms with E-state index < -0.39 is 5.82 Å². The number of hydrogen-bond acceptors (Lipinski definition) is 5. The summed E-state index contributed by atoms with van der Waals surface area (Å²) in [5.41, 5.74) is 2.38. The molecule has 1 aromatic carbocycles. The minimum absolute atomic E-state index is 0.116. The summed E-state index contributed by atoms with van der Waals surface area (Å²) in [6, 6.07) is 9.62. The van der Waals surface area contributed by atoms with Gasteiger partial charge in [-0.15, -0.1) is 0 Å². The van der Waals surface area contributed by atoms with E-state index in [1.54, 1.807) is 7.05 Å². The summed E-state index contributed by atoms with van der Waals surface area (Å²) in [5.74, 6) is -0.0490. The predicted molar refractivity (Wildman–Crippen MR) is 81.3 cm³/mol. The zero-order chi connectivity index (χ0) is 14.8. The van der Waals surface area contributed by atoms with Crippen molar-refractivity contribution < 1.29 is 4.39 Å². The lowest BCUT2D eigenvalue weighted by molar-refractivity contribution is 0.619. The maximum atomic E-state index is 13.8. The molecular weight excluding hydrogens is 269 g/mol. The van der Waals surface area contributed by atoms with Gasteiger partial charge in [0.2, 0.25) is 5.95 Å². The van der Waals surface area contributed by atoms with Crippen molar-refractivity contribution in [3.8, 4) is 0 Å². The number of pyridine rings is 1. The Kier molecular flexibility index (Phi) is 3.35. The molecule has 0 spiro atoms. The Morgan fingerprint density at radius 2 is 1.95 bits per heavy atom. The van der Waals surface area contributed by atoms with Gasteiger partial charge >= 0.3 is 0 Å². The summed E-state index contributed by atoms with van der Waals surface area (Å²) >= 11 is 0. The van der Waals surface area contributed by atoms with Crippen LogP contribution < -0.4 is 10.6 Å². The fourth-order valence-electron chi connectivity index (χ4n) is 2.05. The fourth-order valence-corrected chi connectivity index (χ4v) is 2.05. The number of benzene rings is 1. The Labute approximate surface area is 121 Å². The number of para-hydroxylation sites is 1. The molecule has 0 aliphatic carbocycles. The summed E-state index contributed by atoms with van der Waals surface area (Å²) in [7, 11) is 1.68. The highest BCUT2D eigenvalue weighted by Gasteiger charge is 2.09. The maximum Gasteiger partial charge on any atom is 0.224 e. The lowest BCUT2D eigenvalue weighted by atomic mass is 10.1. The highest BCUT2D eigenvalue weighted by atomic mass is 19.1. The van der Waals surface area contributed by atoms with Crippen molar-refractivity contribution in [2.75, 3.05) is 17.7 Å². The van der Waals surface area contributed by atoms with Gasteiger partial charge in [-0.05, 0) is 19.1 Å². The van der Waals surface area contributed by atoms with E-state index in [-0.39, 0.29) is 5.82 Å². The zero-order valence-corrected chi connectivity index (χ0v) is 11.7. The van der Waals surface area contributed by atoms with E-state index in [4.69, 9.17) is 0 Å². The Bertz CT molecular complexity index is 803. The van der Waals surface area contributed by atoms with Crippen molar-refractivity contribution in [1.29, 1.82) is 0 Å². The first-order valence-corrected chi connectivity index (χ1v) is 6.51. The van der Waals surface area contributed by atoms with Crippen LogP contribution >= 0.6 is 0 Å². The lowest BCUT2D eigenvalue weighted by Gasteiger charge is -2.10. The average Bonchev–Trinajstić information content (AvgIpc) is 2.50. The largest absolute Gasteiger partial charge is 0.357 e. The number of aromatic nitrogens is 3. The normalized spacial score (nSPS) is 10.6. The highest BCUT2D eigenvalue weighted by Crippen LogP contribution is 2.25. The van der Waals surface area contributed by atoms with Gasteiger partial charge in [0.05, 0.1) is 17.4 Å². The van der Waals surface area contributed by atoms with Crippen LogP contribution in [0.2, 0.25) is 0 Å². The smallest absolute Gasteiger partial charge is 0.224 e. The molecule has 3 aromatic rings. The van der Waals surface area contributed by atoms with Gasteiger partial charge in [-0.2, -0.15) is 4.98 Å². The quantitative estimate of drug-likeness (QED) is 0.772. The summed E-state index contributed by atoms with van der Waals surface area (Å²) in [6.07, 6.45) is 1.13. The highest BCUT2D eigenvalue weighted by molar-refractivity contribution is 5.91. The van der Waals surface area contributed by atoms with Crippen LogP contribution in [-0.2, 0) is 0 Å². The molecule has 0 aliphatic heterocycles. The first-order valence-electron chi connectivity index (χ1n) is 6.51. The van der Waals surface area contributed by atoms with E-state index in [1.807, 2.05) is 37.3 Å². The zero-order valence-electron chi connectivity index (χ0n) is 11.7. The Balaban J connectivity index is 2.08. The molecule has 0 bridgehead atoms. The van der Waals surface area contributed by atoms with Gasteiger partial charge in [0, 0.05) is 18.1 Å². The molecule has 3 rings (SSSR count). The molecular formula is C15H14FN5. The molecule has 0 saturated heterocycles. The third-order valence-corrected chi connectivity index (χ3v) is 3.08. The second-order valence-electron chi connectivity index (χ2n) is 4.60. The summed E-state index contributed by atoms with van der Waals surface area (Å²) in [5, 5.41) is 6.75. The predicted octanol–water partition coefficient (Wildman–Crippen LogP) is 3.26. The van der Waals surface area contributed by atoms with Gasteiger partial charge in [-0.3, -0.25) is 4.98 Å². The number of rotatable bonds is 3. The second-order valence-corrected chi connectivity index (χ2v) is 4.60. The van der Waals surface area contributed by atoms with Crippen molar-refractivity contribution in [3.05, 3.63) is 48.0 Å². The van der Waals surface area contributed by atoms with Crippen LogP contribution in [0.5, 0.6) is 0 Å². The maximum absolute atomic E-state index is 13.8. The summed E-state index contributed by atoms with van der Waals surface area (Å²) in [4.78, 5) is 12.4. The number of fused-ring (bicyclic) bond motifs is 1. The molecule has 0 aliphatic rings. The molecule has 0 amide bonds. The third-order valence-electron chi connectivity index (χ3n) is 3.08. The number of nitrogens with zero attached hydrogens (tertiary/aromatic N) is 3. The first kappa shape index (κ1) is 13.2. The summed E-state index contributed by atoms with van der Waals surface area (Å²) in [6.45, 7) is 1.92. The minimum atomic E-state index is -0.515. The molecule has 0 unspecified atom stereocenters. The molecule has 0 radical (unpaired) electrons. The molecule has 5 nitrogen and oxygen atoms in total. The Morgan fingerprint density at radius 3 is 2.76 bits per heavy atom. The van der Waals surface area contributed by atoms with Gasteiger partial charge in [0.15, 0.2) is 11.6 Å². The van der Waals surface area contributed by atoms with Gasteiger partial charge in [-0.1, -0.05) is 18.2 Å². The van der Waals surface area contributed by atoms with Crippen LogP contribution in [0.15, 0.2) is 36.5 Å². The van der Waals surface area contributed by atoms with Crippen molar-refractivity contribution in [3.63, 3.8) is 0 Å². The van der Waals surface area contributed by atoms with Gasteiger partial charge in [0.25, 0.3) is 0 Å². The van der Waals surface area contributed by atoms with E-state index in [2.05, 4.69) is 25.6 Å². The third kappa shape index (κ3) is 2.60. The topological polar surface area (TPSA) is 62.7 Å². The van der Waals surface area contributed by atoms with Crippen LogP contribution in [0.3, 0.4) is 0 Å². The van der Waals surface area contributed by atoms with E-state index >= 15 is 0 Å². The van der Waals surface area contributed by atoms with Gasteiger partial charge in [0.1, 0.15) is 0 Å². The monoisotopic (exact) mass is 283 g/mol. The molecule has 6 heteroatoms. The standard InChI is InChI=1S/C15H14FN5/c1-9-6-7-10-4-3-5-12(13(10)19-9)20-14-11(16)8-18-15(17-2)21-14/h3-8H,1-2H3,(H2,17,18,20,21). The molecule has 106 valence electrons. The molecule has 2 aromatic heterocycles. The molecule has 21 heavy (non-hydrogen) atoms. The van der Waals surface area contributed by atoms with Crippen LogP contribution in [0.25, 0.3) is 10.9 Å². The molecule has 2 N–H and O–H groups in total. The van der Waals surface area contributed by atoms with Crippen LogP contribution in [-0.4, -0.2) is 22.0 Å². The van der Waals surface area contributed by atoms with E-state index in [9.17, 15) is 4.39 Å². The Hall–Kier alpha value is -2.76. The number of aryl methyl sites for hydroxylation is 1. The van der Waals surface area contributed by atoms with Crippen molar-refractivity contribution in [2.24, 2.45) is 0 Å². The average molecular weight is 283 g/mol. The lowest BCUT2D eigenvalue weighted by Crippen LogP contribution is -2.03. The van der Waals surface area contributed by atoms with Gasteiger partial charge < -0.3 is 10.6 Å². The second kappa shape index (κ2) is 5.32. The molecule has 0 saturated carbocycles. The molecule has 0 fully saturated rings. The van der Waals surface area contributed by atoms with E-state index in [0.717, 1.165) is 22.8 Å². The van der Waals surface area contributed by atoms with Gasteiger partial charge in [-0.25, -0.2) is 9.37 Å². The van der Waals surface area contributed by atoms with Crippen LogP contribution in [0.4, 0.5) is 21.8 Å². The Morgan fingerprint density at radius 1 is 1.10 bits per heavy atom. The molecule has 2 heterocycles. The number of halogens is 1. The van der Waals surface area contributed by atoms with Crippen LogP contribution in [0, 0.1) is 12.7 Å². The fraction of sp³-hybridized carbons (Fsp3) is 0.133. The number of hydrogen-bond donors (Lipinski definition) is 2. The van der Waals surface area contributed by atoms with Crippen LogP contribution in [0.1, 0.15) is 5.69 Å². The minimum Gasteiger partial charge on any atom is -0.357 e.